The maximum atomic E-state index is 11.9. The van der Waals surface area contributed by atoms with E-state index in [-0.39, 0.29) is 11.8 Å². The SMILES string of the molecule is Cc1ccc(/C=C/C(=O)NC(C(=O)O)C2CCCCC2)s1. The largest absolute Gasteiger partial charge is 0.480 e. The van der Waals surface area contributed by atoms with Crippen LogP contribution < -0.4 is 5.32 Å². The molecule has 1 aromatic rings. The highest BCUT2D eigenvalue weighted by molar-refractivity contribution is 7.12. The van der Waals surface area contributed by atoms with Crippen LogP contribution in [0.4, 0.5) is 0 Å². The number of rotatable bonds is 5. The molecule has 5 heteroatoms. The van der Waals surface area contributed by atoms with E-state index in [0.29, 0.717) is 0 Å². The monoisotopic (exact) mass is 307 g/mol. The molecule has 0 saturated heterocycles. The van der Waals surface area contributed by atoms with Crippen LogP contribution in [0.5, 0.6) is 0 Å². The molecule has 1 aliphatic rings. The maximum Gasteiger partial charge on any atom is 0.326 e. The Kier molecular flexibility index (Phi) is 5.56. The lowest BCUT2D eigenvalue weighted by molar-refractivity contribution is -0.143. The molecule has 1 atom stereocenters. The Balaban J connectivity index is 1.94. The first-order chi connectivity index (χ1) is 10.1. The van der Waals surface area contributed by atoms with Gasteiger partial charge >= 0.3 is 5.97 Å². The van der Waals surface area contributed by atoms with Crippen molar-refractivity contribution >= 4 is 29.3 Å². The number of nitrogens with one attached hydrogen (secondary N) is 1. The van der Waals surface area contributed by atoms with Crippen LogP contribution in [0.3, 0.4) is 0 Å². The minimum absolute atomic E-state index is 0.0533. The second-order valence-electron chi connectivity index (χ2n) is 5.50. The quantitative estimate of drug-likeness (QED) is 0.821. The Hall–Kier alpha value is -1.62. The first kappa shape index (κ1) is 15.8. The van der Waals surface area contributed by atoms with Crippen LogP contribution in [0.25, 0.3) is 6.08 Å². The zero-order valence-electron chi connectivity index (χ0n) is 12.2. The lowest BCUT2D eigenvalue weighted by Crippen LogP contribution is -2.46. The molecule has 21 heavy (non-hydrogen) atoms. The Labute approximate surface area is 128 Å². The van der Waals surface area contributed by atoms with Gasteiger partial charge in [-0.1, -0.05) is 19.3 Å². The van der Waals surface area contributed by atoms with E-state index >= 15 is 0 Å². The molecule has 1 aromatic heterocycles. The fraction of sp³-hybridized carbons (Fsp3) is 0.500. The molecule has 1 amide bonds. The summed E-state index contributed by atoms with van der Waals surface area (Å²) in [7, 11) is 0. The van der Waals surface area contributed by atoms with Gasteiger partial charge in [0.25, 0.3) is 0 Å². The van der Waals surface area contributed by atoms with E-state index < -0.39 is 12.0 Å². The van der Waals surface area contributed by atoms with Crippen LogP contribution in [0, 0.1) is 12.8 Å². The first-order valence-electron chi connectivity index (χ1n) is 7.34. The number of carbonyl (C=O) groups is 2. The van der Waals surface area contributed by atoms with Crippen molar-refractivity contribution in [2.45, 2.75) is 45.1 Å². The van der Waals surface area contributed by atoms with Gasteiger partial charge in [0.15, 0.2) is 0 Å². The third-order valence-corrected chi connectivity index (χ3v) is 4.81. The van der Waals surface area contributed by atoms with Gasteiger partial charge in [-0.05, 0) is 43.9 Å². The molecule has 1 aliphatic carbocycles. The number of aryl methyl sites for hydroxylation is 1. The molecule has 1 unspecified atom stereocenters. The zero-order valence-corrected chi connectivity index (χ0v) is 13.0. The molecule has 0 radical (unpaired) electrons. The molecule has 2 rings (SSSR count). The van der Waals surface area contributed by atoms with Crippen molar-refractivity contribution in [3.8, 4) is 0 Å². The van der Waals surface area contributed by atoms with Gasteiger partial charge in [-0.2, -0.15) is 0 Å². The van der Waals surface area contributed by atoms with E-state index in [1.807, 2.05) is 19.1 Å². The summed E-state index contributed by atoms with van der Waals surface area (Å²) in [5.74, 6) is -1.22. The Morgan fingerprint density at radius 3 is 2.62 bits per heavy atom. The summed E-state index contributed by atoms with van der Waals surface area (Å²) in [5.41, 5.74) is 0. The summed E-state index contributed by atoms with van der Waals surface area (Å²) in [5, 5.41) is 12.0. The van der Waals surface area contributed by atoms with Gasteiger partial charge in [-0.15, -0.1) is 11.3 Å². The third kappa shape index (κ3) is 4.70. The molecule has 0 spiro atoms. The smallest absolute Gasteiger partial charge is 0.326 e. The highest BCUT2D eigenvalue weighted by Crippen LogP contribution is 2.26. The minimum Gasteiger partial charge on any atom is -0.480 e. The van der Waals surface area contributed by atoms with Crippen LogP contribution in [0.15, 0.2) is 18.2 Å². The predicted molar refractivity (Wildman–Crippen MR) is 84.2 cm³/mol. The lowest BCUT2D eigenvalue weighted by atomic mass is 9.84. The van der Waals surface area contributed by atoms with Crippen molar-refractivity contribution in [3.63, 3.8) is 0 Å². The van der Waals surface area contributed by atoms with Crippen molar-refractivity contribution in [2.24, 2.45) is 5.92 Å². The van der Waals surface area contributed by atoms with E-state index in [4.69, 9.17) is 0 Å². The van der Waals surface area contributed by atoms with Crippen molar-refractivity contribution in [1.82, 2.24) is 5.32 Å². The summed E-state index contributed by atoms with van der Waals surface area (Å²) in [6, 6.07) is 3.16. The van der Waals surface area contributed by atoms with E-state index in [9.17, 15) is 14.7 Å². The summed E-state index contributed by atoms with van der Waals surface area (Å²) in [4.78, 5) is 25.5. The Morgan fingerprint density at radius 1 is 1.33 bits per heavy atom. The fourth-order valence-electron chi connectivity index (χ4n) is 2.75. The van der Waals surface area contributed by atoms with E-state index in [1.165, 1.54) is 11.0 Å². The second kappa shape index (κ2) is 7.41. The normalized spacial score (nSPS) is 17.8. The summed E-state index contributed by atoms with van der Waals surface area (Å²) >= 11 is 1.60. The molecule has 0 aromatic carbocycles. The lowest BCUT2D eigenvalue weighted by Gasteiger charge is -2.27. The van der Waals surface area contributed by atoms with Crippen LogP contribution in [0.2, 0.25) is 0 Å². The number of thiophene rings is 1. The highest BCUT2D eigenvalue weighted by atomic mass is 32.1. The molecular formula is C16H21NO3S. The van der Waals surface area contributed by atoms with Crippen molar-refractivity contribution in [3.05, 3.63) is 28.0 Å². The zero-order chi connectivity index (χ0) is 15.2. The Bertz CT molecular complexity index is 529. The summed E-state index contributed by atoms with van der Waals surface area (Å²) in [6.45, 7) is 2.01. The van der Waals surface area contributed by atoms with Crippen LogP contribution in [0.1, 0.15) is 41.9 Å². The van der Waals surface area contributed by atoms with Gasteiger partial charge in [0.05, 0.1) is 0 Å². The van der Waals surface area contributed by atoms with Crippen LogP contribution >= 0.6 is 11.3 Å². The van der Waals surface area contributed by atoms with E-state index in [2.05, 4.69) is 5.32 Å². The standard InChI is InChI=1S/C16H21NO3S/c1-11-7-8-13(21-11)9-10-14(18)17-15(16(19)20)12-5-3-2-4-6-12/h7-10,12,15H,2-6H2,1H3,(H,17,18)(H,19,20)/b10-9+. The molecule has 4 nitrogen and oxygen atoms in total. The number of carboxylic acids is 1. The molecule has 114 valence electrons. The van der Waals surface area contributed by atoms with Crippen molar-refractivity contribution in [1.29, 1.82) is 0 Å². The van der Waals surface area contributed by atoms with Gasteiger partial charge in [0.2, 0.25) is 5.91 Å². The highest BCUT2D eigenvalue weighted by Gasteiger charge is 2.30. The number of hydrogen-bond acceptors (Lipinski definition) is 3. The average molecular weight is 307 g/mol. The van der Waals surface area contributed by atoms with E-state index in [0.717, 1.165) is 37.0 Å². The Morgan fingerprint density at radius 2 is 2.05 bits per heavy atom. The number of carbonyl (C=O) groups excluding carboxylic acids is 1. The maximum absolute atomic E-state index is 11.9. The molecule has 1 saturated carbocycles. The minimum atomic E-state index is -0.935. The van der Waals surface area contributed by atoms with Crippen LogP contribution in [-0.2, 0) is 9.59 Å². The summed E-state index contributed by atoms with van der Waals surface area (Å²) in [6.07, 6.45) is 8.17. The van der Waals surface area contributed by atoms with Gasteiger partial charge < -0.3 is 10.4 Å². The second-order valence-corrected chi connectivity index (χ2v) is 6.82. The van der Waals surface area contributed by atoms with Gasteiger partial charge in [-0.25, -0.2) is 4.79 Å². The molecule has 0 bridgehead atoms. The molecular weight excluding hydrogens is 286 g/mol. The summed E-state index contributed by atoms with van der Waals surface area (Å²) < 4.78 is 0. The number of carboxylic acid groups (broad SMARTS) is 1. The molecule has 1 heterocycles. The number of hydrogen-bond donors (Lipinski definition) is 2. The number of aliphatic carboxylic acids is 1. The molecule has 0 aliphatic heterocycles. The third-order valence-electron chi connectivity index (χ3n) is 3.85. The first-order valence-corrected chi connectivity index (χ1v) is 8.16. The molecule has 1 fully saturated rings. The van der Waals surface area contributed by atoms with Gasteiger partial charge in [0, 0.05) is 15.8 Å². The van der Waals surface area contributed by atoms with Crippen molar-refractivity contribution < 1.29 is 14.7 Å². The van der Waals surface area contributed by atoms with E-state index in [1.54, 1.807) is 17.4 Å². The topological polar surface area (TPSA) is 66.4 Å². The van der Waals surface area contributed by atoms with Crippen LogP contribution in [-0.4, -0.2) is 23.0 Å². The van der Waals surface area contributed by atoms with Crippen molar-refractivity contribution in [2.75, 3.05) is 0 Å². The average Bonchev–Trinajstić information content (AvgIpc) is 2.89. The number of amides is 1. The molecule has 2 N–H and O–H groups in total. The van der Waals surface area contributed by atoms with Gasteiger partial charge in [-0.3, -0.25) is 4.79 Å². The van der Waals surface area contributed by atoms with Gasteiger partial charge in [0.1, 0.15) is 6.04 Å². The predicted octanol–water partition coefficient (Wildman–Crippen LogP) is 3.22. The fourth-order valence-corrected chi connectivity index (χ4v) is 3.53.